The van der Waals surface area contributed by atoms with Crippen molar-refractivity contribution in [2.45, 2.75) is 13.1 Å². The maximum absolute atomic E-state index is 13.1. The third-order valence-electron chi connectivity index (χ3n) is 3.19. The van der Waals surface area contributed by atoms with Crippen LogP contribution >= 0.6 is 0 Å². The van der Waals surface area contributed by atoms with Crippen LogP contribution in [0.25, 0.3) is 10.9 Å². The molecular formula is C15H14FN3. The summed E-state index contributed by atoms with van der Waals surface area (Å²) >= 11 is 0. The first-order valence-electron chi connectivity index (χ1n) is 6.13. The first-order chi connectivity index (χ1) is 9.26. The normalized spacial score (nSPS) is 11.1. The summed E-state index contributed by atoms with van der Waals surface area (Å²) in [5.41, 5.74) is 8.70. The molecule has 0 fully saturated rings. The van der Waals surface area contributed by atoms with Gasteiger partial charge in [-0.25, -0.2) is 4.39 Å². The Morgan fingerprint density at radius 2 is 2.00 bits per heavy atom. The van der Waals surface area contributed by atoms with Crippen molar-refractivity contribution in [2.75, 3.05) is 0 Å². The third-order valence-corrected chi connectivity index (χ3v) is 3.19. The zero-order chi connectivity index (χ0) is 13.2. The molecule has 2 N–H and O–H groups in total. The summed E-state index contributed by atoms with van der Waals surface area (Å²) in [4.78, 5) is 3.87. The zero-order valence-electron chi connectivity index (χ0n) is 10.4. The highest BCUT2D eigenvalue weighted by Gasteiger charge is 2.03. The van der Waals surface area contributed by atoms with Gasteiger partial charge in [-0.2, -0.15) is 0 Å². The molecule has 0 saturated heterocycles. The molecule has 0 amide bonds. The first kappa shape index (κ1) is 11.9. The zero-order valence-corrected chi connectivity index (χ0v) is 10.4. The van der Waals surface area contributed by atoms with Crippen LogP contribution in [0, 0.1) is 5.82 Å². The molecule has 0 saturated carbocycles. The van der Waals surface area contributed by atoms with E-state index in [9.17, 15) is 4.39 Å². The fourth-order valence-electron chi connectivity index (χ4n) is 2.25. The molecule has 96 valence electrons. The van der Waals surface area contributed by atoms with Crippen LogP contribution < -0.4 is 5.73 Å². The molecule has 0 atom stereocenters. The molecule has 0 unspecified atom stereocenters. The largest absolute Gasteiger partial charge is 0.343 e. The van der Waals surface area contributed by atoms with Gasteiger partial charge >= 0.3 is 0 Å². The van der Waals surface area contributed by atoms with Crippen LogP contribution in [0.3, 0.4) is 0 Å². The predicted molar refractivity (Wildman–Crippen MR) is 73.1 cm³/mol. The number of fused-ring (bicyclic) bond motifs is 1. The number of rotatable bonds is 3. The SMILES string of the molecule is NCc1ccc2c(ccn2Cc2cncc(F)c2)c1. The van der Waals surface area contributed by atoms with Crippen molar-refractivity contribution < 1.29 is 4.39 Å². The summed E-state index contributed by atoms with van der Waals surface area (Å²) in [7, 11) is 0. The Balaban J connectivity index is 1.97. The Kier molecular flexibility index (Phi) is 3.01. The van der Waals surface area contributed by atoms with Crippen molar-refractivity contribution in [3.8, 4) is 0 Å². The minimum absolute atomic E-state index is 0.306. The van der Waals surface area contributed by atoms with E-state index in [4.69, 9.17) is 5.73 Å². The van der Waals surface area contributed by atoms with Crippen LogP contribution in [0.15, 0.2) is 48.9 Å². The van der Waals surface area contributed by atoms with Crippen LogP contribution in [0.1, 0.15) is 11.1 Å². The lowest BCUT2D eigenvalue weighted by atomic mass is 10.1. The van der Waals surface area contributed by atoms with Crippen molar-refractivity contribution >= 4 is 10.9 Å². The highest BCUT2D eigenvalue weighted by atomic mass is 19.1. The van der Waals surface area contributed by atoms with Gasteiger partial charge in [0.2, 0.25) is 0 Å². The number of hydrogen-bond donors (Lipinski definition) is 1. The van der Waals surface area contributed by atoms with Crippen molar-refractivity contribution in [1.82, 2.24) is 9.55 Å². The number of aromatic nitrogens is 2. The molecule has 3 rings (SSSR count). The van der Waals surface area contributed by atoms with E-state index in [0.717, 1.165) is 22.0 Å². The van der Waals surface area contributed by atoms with Crippen LogP contribution in [0.4, 0.5) is 4.39 Å². The quantitative estimate of drug-likeness (QED) is 0.782. The number of benzene rings is 1. The first-order valence-corrected chi connectivity index (χ1v) is 6.13. The molecule has 1 aromatic carbocycles. The molecule has 19 heavy (non-hydrogen) atoms. The average Bonchev–Trinajstić information content (AvgIpc) is 2.81. The number of hydrogen-bond acceptors (Lipinski definition) is 2. The van der Waals surface area contributed by atoms with E-state index in [1.807, 2.05) is 24.4 Å². The molecular weight excluding hydrogens is 241 g/mol. The van der Waals surface area contributed by atoms with Crippen LogP contribution in [-0.4, -0.2) is 9.55 Å². The molecule has 0 aliphatic carbocycles. The highest BCUT2D eigenvalue weighted by molar-refractivity contribution is 5.81. The van der Waals surface area contributed by atoms with E-state index in [-0.39, 0.29) is 5.82 Å². The van der Waals surface area contributed by atoms with Gasteiger partial charge in [-0.05, 0) is 40.8 Å². The lowest BCUT2D eigenvalue weighted by Gasteiger charge is -2.06. The molecule has 4 heteroatoms. The average molecular weight is 255 g/mol. The van der Waals surface area contributed by atoms with Gasteiger partial charge < -0.3 is 10.3 Å². The van der Waals surface area contributed by atoms with E-state index < -0.39 is 0 Å². The van der Waals surface area contributed by atoms with Crippen LogP contribution in [0.2, 0.25) is 0 Å². The van der Waals surface area contributed by atoms with E-state index in [1.165, 1.54) is 12.3 Å². The topological polar surface area (TPSA) is 43.8 Å². The van der Waals surface area contributed by atoms with Gasteiger partial charge in [-0.1, -0.05) is 6.07 Å². The maximum Gasteiger partial charge on any atom is 0.141 e. The summed E-state index contributed by atoms with van der Waals surface area (Å²) in [5.74, 6) is -0.306. The summed E-state index contributed by atoms with van der Waals surface area (Å²) in [5, 5.41) is 1.15. The fraction of sp³-hybridized carbons (Fsp3) is 0.133. The molecule has 0 spiro atoms. The minimum atomic E-state index is -0.306. The molecule has 3 aromatic rings. The number of halogens is 1. The van der Waals surface area contributed by atoms with Crippen molar-refractivity contribution in [3.63, 3.8) is 0 Å². The van der Waals surface area contributed by atoms with Crippen LogP contribution in [-0.2, 0) is 13.1 Å². The number of nitrogens with zero attached hydrogens (tertiary/aromatic N) is 2. The molecule has 3 nitrogen and oxygen atoms in total. The van der Waals surface area contributed by atoms with Crippen molar-refractivity contribution in [1.29, 1.82) is 0 Å². The lowest BCUT2D eigenvalue weighted by molar-refractivity contribution is 0.617. The van der Waals surface area contributed by atoms with E-state index >= 15 is 0 Å². The van der Waals surface area contributed by atoms with Gasteiger partial charge in [0.15, 0.2) is 0 Å². The minimum Gasteiger partial charge on any atom is -0.343 e. The Labute approximate surface area is 110 Å². The smallest absolute Gasteiger partial charge is 0.141 e. The second-order valence-electron chi connectivity index (χ2n) is 4.55. The molecule has 2 heterocycles. The van der Waals surface area contributed by atoms with Crippen molar-refractivity contribution in [3.05, 3.63) is 65.9 Å². The van der Waals surface area contributed by atoms with Gasteiger partial charge in [-0.3, -0.25) is 4.98 Å². The molecule has 0 aliphatic rings. The van der Waals surface area contributed by atoms with Crippen molar-refractivity contribution in [2.24, 2.45) is 5.73 Å². The van der Waals surface area contributed by atoms with E-state index in [2.05, 4.69) is 15.6 Å². The third kappa shape index (κ3) is 2.35. The van der Waals surface area contributed by atoms with Crippen LogP contribution in [0.5, 0.6) is 0 Å². The summed E-state index contributed by atoms with van der Waals surface area (Å²) in [6, 6.07) is 9.69. The lowest BCUT2D eigenvalue weighted by Crippen LogP contribution is -2.00. The predicted octanol–water partition coefficient (Wildman–Crippen LogP) is 2.68. The van der Waals surface area contributed by atoms with Gasteiger partial charge in [-0.15, -0.1) is 0 Å². The summed E-state index contributed by atoms with van der Waals surface area (Å²) in [6.45, 7) is 1.14. The monoisotopic (exact) mass is 255 g/mol. The highest BCUT2D eigenvalue weighted by Crippen LogP contribution is 2.19. The Morgan fingerprint density at radius 3 is 2.79 bits per heavy atom. The summed E-state index contributed by atoms with van der Waals surface area (Å²) in [6.07, 6.45) is 4.89. The van der Waals surface area contributed by atoms with Gasteiger partial charge in [0.25, 0.3) is 0 Å². The van der Waals surface area contributed by atoms with E-state index in [1.54, 1.807) is 6.20 Å². The Morgan fingerprint density at radius 1 is 1.11 bits per heavy atom. The second kappa shape index (κ2) is 4.82. The Hall–Kier alpha value is -2.20. The van der Waals surface area contributed by atoms with E-state index in [0.29, 0.717) is 13.1 Å². The standard InChI is InChI=1S/C15H14FN3/c16-14-6-12(8-18-9-14)10-19-4-3-13-5-11(7-17)1-2-15(13)19/h1-6,8-9H,7,10,17H2. The molecule has 0 aliphatic heterocycles. The van der Waals surface area contributed by atoms with Gasteiger partial charge in [0.1, 0.15) is 5.82 Å². The molecule has 0 bridgehead atoms. The van der Waals surface area contributed by atoms with Gasteiger partial charge in [0, 0.05) is 31.0 Å². The van der Waals surface area contributed by atoms with Gasteiger partial charge in [0.05, 0.1) is 6.20 Å². The summed E-state index contributed by atoms with van der Waals surface area (Å²) < 4.78 is 15.2. The Bertz CT molecular complexity index is 718. The number of pyridine rings is 1. The maximum atomic E-state index is 13.1. The molecule has 2 aromatic heterocycles. The second-order valence-corrected chi connectivity index (χ2v) is 4.55. The number of nitrogens with two attached hydrogens (primary N) is 1. The molecule has 0 radical (unpaired) electrons. The fourth-order valence-corrected chi connectivity index (χ4v) is 2.25.